The van der Waals surface area contributed by atoms with Crippen molar-refractivity contribution in [1.82, 2.24) is 5.32 Å². The van der Waals surface area contributed by atoms with Gasteiger partial charge in [0.25, 0.3) is 0 Å². The summed E-state index contributed by atoms with van der Waals surface area (Å²) in [7, 11) is 0. The first-order valence-corrected chi connectivity index (χ1v) is 14.5. The lowest BCUT2D eigenvalue weighted by atomic mass is 9.98. The van der Waals surface area contributed by atoms with Gasteiger partial charge in [0.2, 0.25) is 0 Å². The Labute approximate surface area is 256 Å². The molecule has 0 aromatic heterocycles. The van der Waals surface area contributed by atoms with E-state index in [1.165, 1.54) is 0 Å². The summed E-state index contributed by atoms with van der Waals surface area (Å²) in [5, 5.41) is 12.4. The van der Waals surface area contributed by atoms with Crippen LogP contribution in [-0.4, -0.2) is 48.0 Å². The van der Waals surface area contributed by atoms with E-state index in [0.29, 0.717) is 11.3 Å². The standard InChI is InChI=1S/C36H35NO7/c1-36(2,3)44-33(38)22-42-32-20-23(17-18-25(32)24-11-5-4-6-12-24)19-31(34(39)40)37-35(41)43-21-30-28-15-9-7-13-26(28)27-14-8-10-16-29(27)30/h4-18,20,30-31H,19,21-22H2,1-3H3,(H,37,41)(H,39,40)/t31-/m0/s1. The zero-order valence-corrected chi connectivity index (χ0v) is 24.9. The number of esters is 1. The van der Waals surface area contributed by atoms with Crippen molar-refractivity contribution in [3.63, 3.8) is 0 Å². The Hall–Kier alpha value is -5.11. The molecule has 2 N–H and O–H groups in total. The average molecular weight is 594 g/mol. The van der Waals surface area contributed by atoms with Crippen LogP contribution in [-0.2, 0) is 25.5 Å². The number of ether oxygens (including phenoxy) is 3. The molecule has 0 spiro atoms. The van der Waals surface area contributed by atoms with Crippen LogP contribution in [0.4, 0.5) is 4.79 Å². The van der Waals surface area contributed by atoms with Gasteiger partial charge in [-0.1, -0.05) is 91.0 Å². The van der Waals surface area contributed by atoms with Gasteiger partial charge >= 0.3 is 18.0 Å². The molecule has 0 saturated carbocycles. The molecule has 0 saturated heterocycles. The molecule has 1 amide bonds. The van der Waals surface area contributed by atoms with E-state index in [4.69, 9.17) is 14.2 Å². The molecule has 4 aromatic rings. The van der Waals surface area contributed by atoms with Crippen molar-refractivity contribution in [3.05, 3.63) is 114 Å². The number of benzene rings is 4. The molecular weight excluding hydrogens is 558 g/mol. The number of carbonyl (C=O) groups excluding carboxylic acids is 2. The maximum absolute atomic E-state index is 12.9. The Morgan fingerprint density at radius 2 is 1.43 bits per heavy atom. The van der Waals surface area contributed by atoms with Crippen LogP contribution in [0.15, 0.2) is 97.1 Å². The van der Waals surface area contributed by atoms with Crippen LogP contribution in [0.3, 0.4) is 0 Å². The van der Waals surface area contributed by atoms with Gasteiger partial charge in [-0.3, -0.25) is 0 Å². The zero-order chi connectivity index (χ0) is 31.3. The SMILES string of the molecule is CC(C)(C)OC(=O)COc1cc(C[C@H](NC(=O)OCC2c3ccccc3-c3ccccc32)C(=O)O)ccc1-c1ccccc1. The van der Waals surface area contributed by atoms with Gasteiger partial charge in [-0.15, -0.1) is 0 Å². The Morgan fingerprint density at radius 1 is 0.818 bits per heavy atom. The molecule has 4 aromatic carbocycles. The molecule has 8 nitrogen and oxygen atoms in total. The molecule has 5 rings (SSSR count). The molecule has 0 fully saturated rings. The number of hydrogen-bond acceptors (Lipinski definition) is 6. The molecule has 44 heavy (non-hydrogen) atoms. The van der Waals surface area contributed by atoms with E-state index in [0.717, 1.165) is 33.4 Å². The third kappa shape index (κ3) is 7.26. The summed E-state index contributed by atoms with van der Waals surface area (Å²) in [5.41, 5.74) is 5.86. The number of rotatable bonds is 10. The highest BCUT2D eigenvalue weighted by atomic mass is 16.6. The monoisotopic (exact) mass is 593 g/mol. The van der Waals surface area contributed by atoms with E-state index >= 15 is 0 Å². The molecule has 0 aliphatic heterocycles. The first-order chi connectivity index (χ1) is 21.1. The lowest BCUT2D eigenvalue weighted by molar-refractivity contribution is -0.157. The number of nitrogens with one attached hydrogen (secondary N) is 1. The number of hydrogen-bond donors (Lipinski definition) is 2. The normalized spacial score (nSPS) is 12.9. The second-order valence-electron chi connectivity index (χ2n) is 11.6. The van der Waals surface area contributed by atoms with Gasteiger partial charge in [0, 0.05) is 17.9 Å². The molecule has 0 bridgehead atoms. The molecule has 1 aliphatic rings. The molecule has 0 heterocycles. The summed E-state index contributed by atoms with van der Waals surface area (Å²) in [6.07, 6.45) is -0.848. The zero-order valence-electron chi connectivity index (χ0n) is 24.9. The third-order valence-corrected chi connectivity index (χ3v) is 7.27. The number of aliphatic carboxylic acids is 1. The van der Waals surface area contributed by atoms with Crippen LogP contribution in [0, 0.1) is 0 Å². The Kier molecular flexibility index (Phi) is 8.99. The fourth-order valence-corrected chi connectivity index (χ4v) is 5.40. The second-order valence-corrected chi connectivity index (χ2v) is 11.6. The van der Waals surface area contributed by atoms with E-state index in [9.17, 15) is 19.5 Å². The predicted molar refractivity (Wildman–Crippen MR) is 167 cm³/mol. The van der Waals surface area contributed by atoms with Crippen molar-refractivity contribution in [2.75, 3.05) is 13.2 Å². The van der Waals surface area contributed by atoms with Gasteiger partial charge in [0.05, 0.1) is 0 Å². The summed E-state index contributed by atoms with van der Waals surface area (Å²) < 4.78 is 16.8. The topological polar surface area (TPSA) is 111 Å². The minimum absolute atomic E-state index is 0.0304. The van der Waals surface area contributed by atoms with Crippen LogP contribution in [0.5, 0.6) is 5.75 Å². The Morgan fingerprint density at radius 3 is 2.05 bits per heavy atom. The van der Waals surface area contributed by atoms with Crippen LogP contribution < -0.4 is 10.1 Å². The summed E-state index contributed by atoms with van der Waals surface area (Å²) in [4.78, 5) is 37.4. The highest BCUT2D eigenvalue weighted by molar-refractivity contribution is 5.81. The third-order valence-electron chi connectivity index (χ3n) is 7.27. The maximum atomic E-state index is 12.9. The molecule has 0 radical (unpaired) electrons. The quantitative estimate of drug-likeness (QED) is 0.199. The molecule has 1 aliphatic carbocycles. The fourth-order valence-electron chi connectivity index (χ4n) is 5.40. The second kappa shape index (κ2) is 13.0. The van der Waals surface area contributed by atoms with Crippen LogP contribution in [0.25, 0.3) is 22.3 Å². The first kappa shape index (κ1) is 30.4. The van der Waals surface area contributed by atoms with Crippen LogP contribution in [0.2, 0.25) is 0 Å². The number of carboxylic acids is 1. The average Bonchev–Trinajstić information content (AvgIpc) is 3.32. The van der Waals surface area contributed by atoms with Crippen molar-refractivity contribution in [3.8, 4) is 28.0 Å². The molecular formula is C36H35NO7. The van der Waals surface area contributed by atoms with E-state index in [2.05, 4.69) is 5.32 Å². The highest BCUT2D eigenvalue weighted by Crippen LogP contribution is 2.44. The maximum Gasteiger partial charge on any atom is 0.407 e. The molecule has 226 valence electrons. The smallest absolute Gasteiger partial charge is 0.407 e. The first-order valence-electron chi connectivity index (χ1n) is 14.5. The van der Waals surface area contributed by atoms with Crippen molar-refractivity contribution in [2.24, 2.45) is 0 Å². The van der Waals surface area contributed by atoms with Crippen molar-refractivity contribution in [2.45, 2.75) is 44.8 Å². The van der Waals surface area contributed by atoms with E-state index in [-0.39, 0.29) is 25.6 Å². The van der Waals surface area contributed by atoms with Gasteiger partial charge in [-0.2, -0.15) is 0 Å². The van der Waals surface area contributed by atoms with E-state index in [1.807, 2.05) is 78.9 Å². The van der Waals surface area contributed by atoms with Gasteiger partial charge in [0.1, 0.15) is 24.0 Å². The minimum Gasteiger partial charge on any atom is -0.481 e. The molecule has 1 atom stereocenters. The van der Waals surface area contributed by atoms with Crippen LogP contribution >= 0.6 is 0 Å². The van der Waals surface area contributed by atoms with Gasteiger partial charge in [-0.05, 0) is 60.2 Å². The van der Waals surface area contributed by atoms with Crippen LogP contribution in [0.1, 0.15) is 43.4 Å². The minimum atomic E-state index is -1.26. The Balaban J connectivity index is 1.28. The molecule has 8 heteroatoms. The largest absolute Gasteiger partial charge is 0.481 e. The van der Waals surface area contributed by atoms with Crippen molar-refractivity contribution < 1.29 is 33.7 Å². The number of fused-ring (bicyclic) bond motifs is 3. The summed E-state index contributed by atoms with van der Waals surface area (Å²) in [6.45, 7) is 5.07. The Bertz CT molecular complexity index is 1610. The summed E-state index contributed by atoms with van der Waals surface area (Å²) >= 11 is 0. The highest BCUT2D eigenvalue weighted by Gasteiger charge is 2.30. The van der Waals surface area contributed by atoms with E-state index in [1.54, 1.807) is 39.0 Å². The predicted octanol–water partition coefficient (Wildman–Crippen LogP) is 6.61. The molecule has 0 unspecified atom stereocenters. The number of carbonyl (C=O) groups is 3. The lowest BCUT2D eigenvalue weighted by Gasteiger charge is -2.20. The lowest BCUT2D eigenvalue weighted by Crippen LogP contribution is -2.42. The summed E-state index contributed by atoms with van der Waals surface area (Å²) in [5.74, 6) is -1.49. The van der Waals surface area contributed by atoms with Gasteiger partial charge < -0.3 is 24.6 Å². The van der Waals surface area contributed by atoms with Crippen molar-refractivity contribution >= 4 is 18.0 Å². The van der Waals surface area contributed by atoms with Gasteiger partial charge in [0.15, 0.2) is 6.61 Å². The van der Waals surface area contributed by atoms with Crippen molar-refractivity contribution in [1.29, 1.82) is 0 Å². The number of carboxylic acid groups (broad SMARTS) is 1. The fraction of sp³-hybridized carbons (Fsp3) is 0.250. The number of amides is 1. The van der Waals surface area contributed by atoms with E-state index < -0.39 is 29.7 Å². The van der Waals surface area contributed by atoms with Gasteiger partial charge in [-0.25, -0.2) is 14.4 Å². The summed E-state index contributed by atoms with van der Waals surface area (Å²) in [6, 6.07) is 29.5. The number of alkyl carbamates (subject to hydrolysis) is 1.